The molecule has 0 bridgehead atoms. The van der Waals surface area contributed by atoms with Gasteiger partial charge in [-0.2, -0.15) is 0 Å². The first kappa shape index (κ1) is 19.3. The lowest BCUT2D eigenvalue weighted by molar-refractivity contribution is -0.122. The number of para-hydroxylation sites is 1. The molecule has 2 rings (SSSR count). The van der Waals surface area contributed by atoms with Crippen molar-refractivity contribution >= 4 is 17.5 Å². The van der Waals surface area contributed by atoms with Gasteiger partial charge >= 0.3 is 0 Å². The molecule has 0 aromatic heterocycles. The highest BCUT2D eigenvalue weighted by Gasteiger charge is 2.08. The van der Waals surface area contributed by atoms with E-state index < -0.39 is 0 Å². The normalized spacial score (nSPS) is 10.1. The lowest BCUT2D eigenvalue weighted by Crippen LogP contribution is -2.24. The van der Waals surface area contributed by atoms with Crippen LogP contribution in [0.25, 0.3) is 0 Å². The van der Waals surface area contributed by atoms with Crippen LogP contribution in [0, 0.1) is 0 Å². The maximum absolute atomic E-state index is 12.2. The highest BCUT2D eigenvalue weighted by Crippen LogP contribution is 2.21. The molecule has 0 aliphatic rings. The number of carbonyl (C=O) groups is 2. The smallest absolute Gasteiger partial charge is 0.257 e. The molecule has 2 aromatic carbocycles. The fourth-order valence-corrected chi connectivity index (χ4v) is 2.36. The topological polar surface area (TPSA) is 76.7 Å². The molecule has 138 valence electrons. The summed E-state index contributed by atoms with van der Waals surface area (Å²) >= 11 is 0. The van der Waals surface area contributed by atoms with E-state index in [4.69, 9.17) is 9.47 Å². The summed E-state index contributed by atoms with van der Waals surface area (Å²) in [6, 6.07) is 14.7. The Hall–Kier alpha value is -3.02. The number of carbonyl (C=O) groups excluding carboxylic acids is 2. The van der Waals surface area contributed by atoms with E-state index in [1.54, 1.807) is 31.3 Å². The van der Waals surface area contributed by atoms with Crippen LogP contribution in [0.5, 0.6) is 11.5 Å². The van der Waals surface area contributed by atoms with Gasteiger partial charge in [-0.3, -0.25) is 9.59 Å². The molecule has 0 saturated heterocycles. The maximum atomic E-state index is 12.2. The Kier molecular flexibility index (Phi) is 7.49. The zero-order valence-electron chi connectivity index (χ0n) is 15.1. The molecular weight excluding hydrogens is 332 g/mol. The van der Waals surface area contributed by atoms with Crippen molar-refractivity contribution in [2.45, 2.75) is 19.8 Å². The number of benzene rings is 2. The van der Waals surface area contributed by atoms with Crippen molar-refractivity contribution in [1.82, 2.24) is 5.32 Å². The van der Waals surface area contributed by atoms with Crippen molar-refractivity contribution in [2.24, 2.45) is 0 Å². The molecule has 0 spiro atoms. The number of amides is 2. The number of nitrogens with one attached hydrogen (secondary N) is 2. The van der Waals surface area contributed by atoms with Crippen LogP contribution < -0.4 is 20.1 Å². The third-order valence-electron chi connectivity index (χ3n) is 3.66. The van der Waals surface area contributed by atoms with Gasteiger partial charge in [-0.1, -0.05) is 24.3 Å². The van der Waals surface area contributed by atoms with Gasteiger partial charge in [0, 0.05) is 25.2 Å². The lowest BCUT2D eigenvalue weighted by Gasteiger charge is -2.11. The fraction of sp³-hybridized carbons (Fsp3) is 0.300. The quantitative estimate of drug-likeness (QED) is 0.724. The second-order valence-electron chi connectivity index (χ2n) is 5.58. The van der Waals surface area contributed by atoms with Crippen molar-refractivity contribution < 1.29 is 19.1 Å². The first-order valence-corrected chi connectivity index (χ1v) is 8.56. The van der Waals surface area contributed by atoms with E-state index in [1.807, 2.05) is 31.2 Å². The first-order valence-electron chi connectivity index (χ1n) is 8.56. The van der Waals surface area contributed by atoms with Crippen LogP contribution >= 0.6 is 0 Å². The number of hydrogen-bond donors (Lipinski definition) is 2. The van der Waals surface area contributed by atoms with E-state index in [9.17, 15) is 9.59 Å². The summed E-state index contributed by atoms with van der Waals surface area (Å²) in [7, 11) is 1.55. The summed E-state index contributed by atoms with van der Waals surface area (Å²) in [4.78, 5) is 23.4. The van der Waals surface area contributed by atoms with E-state index in [0.29, 0.717) is 30.9 Å². The third-order valence-corrected chi connectivity index (χ3v) is 3.66. The molecule has 2 aromatic rings. The van der Waals surface area contributed by atoms with Crippen LogP contribution in [0.4, 0.5) is 5.69 Å². The Morgan fingerprint density at radius 2 is 1.81 bits per heavy atom. The Labute approximate surface area is 153 Å². The standard InChI is InChI=1S/C20H24N2O4/c1-3-25-18-10-5-4-7-15(18)11-12-19(23)22-16-8-6-9-17(13-16)26-14-20(24)21-2/h4-10,13H,3,11-12,14H2,1-2H3,(H,21,24)(H,22,23). The molecule has 0 aliphatic carbocycles. The van der Waals surface area contributed by atoms with Crippen molar-refractivity contribution in [3.05, 3.63) is 54.1 Å². The Balaban J connectivity index is 1.89. The molecule has 0 saturated carbocycles. The predicted octanol–water partition coefficient (Wildman–Crippen LogP) is 2.78. The first-order chi connectivity index (χ1) is 12.6. The molecule has 26 heavy (non-hydrogen) atoms. The summed E-state index contributed by atoms with van der Waals surface area (Å²) in [6.07, 6.45) is 0.933. The minimum absolute atomic E-state index is 0.0673. The zero-order chi connectivity index (χ0) is 18.8. The number of hydrogen-bond acceptors (Lipinski definition) is 4. The van der Waals surface area contributed by atoms with Crippen molar-refractivity contribution in [3.8, 4) is 11.5 Å². The molecule has 0 radical (unpaired) electrons. The third kappa shape index (κ3) is 6.12. The van der Waals surface area contributed by atoms with Gasteiger partial charge in [0.2, 0.25) is 5.91 Å². The fourth-order valence-electron chi connectivity index (χ4n) is 2.36. The molecule has 0 atom stereocenters. The highest BCUT2D eigenvalue weighted by molar-refractivity contribution is 5.91. The van der Waals surface area contributed by atoms with Crippen LogP contribution in [0.1, 0.15) is 18.9 Å². The molecular formula is C20H24N2O4. The van der Waals surface area contributed by atoms with E-state index in [2.05, 4.69) is 10.6 Å². The van der Waals surface area contributed by atoms with Gasteiger partial charge in [-0.15, -0.1) is 0 Å². The predicted molar refractivity (Wildman–Crippen MR) is 101 cm³/mol. The summed E-state index contributed by atoms with van der Waals surface area (Å²) in [5.41, 5.74) is 1.63. The number of likely N-dealkylation sites (N-methyl/N-ethyl adjacent to an activating group) is 1. The van der Waals surface area contributed by atoms with Crippen LogP contribution in [0.2, 0.25) is 0 Å². The Morgan fingerprint density at radius 1 is 1.00 bits per heavy atom. The van der Waals surface area contributed by atoms with Crippen molar-refractivity contribution in [3.63, 3.8) is 0 Å². The summed E-state index contributed by atoms with van der Waals surface area (Å²) in [6.45, 7) is 2.46. The monoisotopic (exact) mass is 356 g/mol. The van der Waals surface area contributed by atoms with Crippen molar-refractivity contribution in [2.75, 3.05) is 25.6 Å². The van der Waals surface area contributed by atoms with Gasteiger partial charge in [-0.25, -0.2) is 0 Å². The van der Waals surface area contributed by atoms with E-state index in [-0.39, 0.29) is 18.4 Å². The van der Waals surface area contributed by atoms with E-state index in [0.717, 1.165) is 11.3 Å². The van der Waals surface area contributed by atoms with Crippen LogP contribution in [0.3, 0.4) is 0 Å². The highest BCUT2D eigenvalue weighted by atomic mass is 16.5. The average Bonchev–Trinajstić information content (AvgIpc) is 2.66. The van der Waals surface area contributed by atoms with Gasteiger partial charge in [-0.05, 0) is 37.1 Å². The minimum Gasteiger partial charge on any atom is -0.494 e. The Morgan fingerprint density at radius 3 is 2.58 bits per heavy atom. The van der Waals surface area contributed by atoms with E-state index in [1.165, 1.54) is 0 Å². The summed E-state index contributed by atoms with van der Waals surface area (Å²) in [5.74, 6) is 1.02. The summed E-state index contributed by atoms with van der Waals surface area (Å²) in [5, 5.41) is 5.33. The zero-order valence-corrected chi connectivity index (χ0v) is 15.1. The second-order valence-corrected chi connectivity index (χ2v) is 5.58. The maximum Gasteiger partial charge on any atom is 0.257 e. The SMILES string of the molecule is CCOc1ccccc1CCC(=O)Nc1cccc(OCC(=O)NC)c1. The van der Waals surface area contributed by atoms with Crippen molar-refractivity contribution in [1.29, 1.82) is 0 Å². The average molecular weight is 356 g/mol. The molecule has 0 aliphatic heterocycles. The largest absolute Gasteiger partial charge is 0.494 e. The summed E-state index contributed by atoms with van der Waals surface area (Å²) < 4.78 is 11.0. The molecule has 6 heteroatoms. The van der Waals surface area contributed by atoms with Gasteiger partial charge in [0.25, 0.3) is 5.91 Å². The number of anilines is 1. The molecule has 2 amide bonds. The van der Waals surface area contributed by atoms with Crippen LogP contribution in [-0.4, -0.2) is 32.1 Å². The number of aryl methyl sites for hydroxylation is 1. The molecule has 2 N–H and O–H groups in total. The molecule has 0 unspecified atom stereocenters. The second kappa shape index (κ2) is 10.1. The minimum atomic E-state index is -0.215. The molecule has 0 fully saturated rings. The number of ether oxygens (including phenoxy) is 2. The van der Waals surface area contributed by atoms with Crippen LogP contribution in [-0.2, 0) is 16.0 Å². The van der Waals surface area contributed by atoms with Gasteiger partial charge in [0.1, 0.15) is 11.5 Å². The van der Waals surface area contributed by atoms with Gasteiger partial charge in [0.15, 0.2) is 6.61 Å². The van der Waals surface area contributed by atoms with Crippen LogP contribution in [0.15, 0.2) is 48.5 Å². The van der Waals surface area contributed by atoms with Gasteiger partial charge in [0.05, 0.1) is 6.61 Å². The lowest BCUT2D eigenvalue weighted by atomic mass is 10.1. The van der Waals surface area contributed by atoms with E-state index >= 15 is 0 Å². The molecule has 0 heterocycles. The Bertz CT molecular complexity index is 746. The number of rotatable bonds is 9. The van der Waals surface area contributed by atoms with Gasteiger partial charge < -0.3 is 20.1 Å². The molecule has 6 nitrogen and oxygen atoms in total.